The number of urea groups is 1. The lowest BCUT2D eigenvalue weighted by atomic mass is 10.1. The van der Waals surface area contributed by atoms with E-state index in [1.165, 1.54) is 4.90 Å². The molecule has 1 fully saturated rings. The van der Waals surface area contributed by atoms with Gasteiger partial charge in [0.05, 0.1) is 17.6 Å². The lowest BCUT2D eigenvalue weighted by molar-refractivity contribution is -0.143. The van der Waals surface area contributed by atoms with Crippen molar-refractivity contribution >= 4 is 12.0 Å². The number of carbonyl (C=O) groups is 2. The molecular weight excluding hydrogens is 224 g/mol. The first-order valence-corrected chi connectivity index (χ1v) is 5.61. The SMILES string of the molecule is CN(CC(C)(C)O)C(=O)NCC1(C(=O)O)CC1. The molecule has 0 aliphatic heterocycles. The van der Waals surface area contributed by atoms with Crippen molar-refractivity contribution in [3.63, 3.8) is 0 Å². The van der Waals surface area contributed by atoms with E-state index >= 15 is 0 Å². The standard InChI is InChI=1S/C11H20N2O4/c1-10(2,17)7-13(3)9(16)12-6-11(4-5-11)8(14)15/h17H,4-7H2,1-3H3,(H,12,16)(H,14,15). The molecule has 3 N–H and O–H groups in total. The van der Waals surface area contributed by atoms with Gasteiger partial charge in [0.2, 0.25) is 0 Å². The number of nitrogens with zero attached hydrogens (tertiary/aromatic N) is 1. The Morgan fingerprint density at radius 2 is 1.94 bits per heavy atom. The second-order valence-electron chi connectivity index (χ2n) is 5.41. The van der Waals surface area contributed by atoms with E-state index in [4.69, 9.17) is 5.11 Å². The number of aliphatic carboxylic acids is 1. The van der Waals surface area contributed by atoms with Crippen LogP contribution in [0.4, 0.5) is 4.79 Å². The van der Waals surface area contributed by atoms with Gasteiger partial charge in [-0.15, -0.1) is 0 Å². The third-order valence-corrected chi connectivity index (χ3v) is 2.86. The van der Waals surface area contributed by atoms with Gasteiger partial charge in [0, 0.05) is 13.6 Å². The monoisotopic (exact) mass is 244 g/mol. The summed E-state index contributed by atoms with van der Waals surface area (Å²) in [7, 11) is 1.56. The fourth-order valence-corrected chi connectivity index (χ4v) is 1.65. The summed E-state index contributed by atoms with van der Waals surface area (Å²) in [6, 6.07) is -0.361. The zero-order valence-electron chi connectivity index (χ0n) is 10.5. The largest absolute Gasteiger partial charge is 0.481 e. The van der Waals surface area contributed by atoms with Crippen molar-refractivity contribution in [3.05, 3.63) is 0 Å². The van der Waals surface area contributed by atoms with Crippen molar-refractivity contribution < 1.29 is 19.8 Å². The molecule has 6 heteroatoms. The van der Waals surface area contributed by atoms with Gasteiger partial charge in [-0.1, -0.05) is 0 Å². The Bertz CT molecular complexity index is 318. The van der Waals surface area contributed by atoms with E-state index in [1.807, 2.05) is 0 Å². The molecule has 0 aromatic rings. The molecule has 2 amide bonds. The van der Waals surface area contributed by atoms with Crippen LogP contribution in [0.25, 0.3) is 0 Å². The van der Waals surface area contributed by atoms with Crippen molar-refractivity contribution in [2.45, 2.75) is 32.3 Å². The topological polar surface area (TPSA) is 89.9 Å². The van der Waals surface area contributed by atoms with Crippen LogP contribution in [0.15, 0.2) is 0 Å². The van der Waals surface area contributed by atoms with Crippen molar-refractivity contribution in [2.24, 2.45) is 5.41 Å². The Morgan fingerprint density at radius 1 is 1.41 bits per heavy atom. The summed E-state index contributed by atoms with van der Waals surface area (Å²) in [4.78, 5) is 23.9. The fourth-order valence-electron chi connectivity index (χ4n) is 1.65. The molecule has 0 heterocycles. The molecule has 17 heavy (non-hydrogen) atoms. The van der Waals surface area contributed by atoms with Gasteiger partial charge in [-0.3, -0.25) is 4.79 Å². The van der Waals surface area contributed by atoms with E-state index in [9.17, 15) is 14.7 Å². The number of hydrogen-bond donors (Lipinski definition) is 3. The average Bonchev–Trinajstić information content (AvgIpc) is 2.92. The summed E-state index contributed by atoms with van der Waals surface area (Å²) in [6.45, 7) is 3.56. The smallest absolute Gasteiger partial charge is 0.317 e. The molecule has 0 radical (unpaired) electrons. The lowest BCUT2D eigenvalue weighted by Gasteiger charge is -2.26. The molecule has 0 aromatic carbocycles. The minimum atomic E-state index is -0.962. The first-order chi connectivity index (χ1) is 7.66. The molecule has 0 aromatic heterocycles. The maximum Gasteiger partial charge on any atom is 0.317 e. The van der Waals surface area contributed by atoms with Gasteiger partial charge >= 0.3 is 12.0 Å². The highest BCUT2D eigenvalue weighted by molar-refractivity contribution is 5.80. The number of amides is 2. The molecule has 0 unspecified atom stereocenters. The molecule has 1 aliphatic rings. The Labute approximate surface area is 101 Å². The highest BCUT2D eigenvalue weighted by Gasteiger charge is 2.50. The summed E-state index contributed by atoms with van der Waals surface area (Å²) < 4.78 is 0. The maximum absolute atomic E-state index is 11.6. The molecule has 0 spiro atoms. The Balaban J connectivity index is 2.37. The van der Waals surface area contributed by atoms with Gasteiger partial charge in [0.1, 0.15) is 0 Å². The summed E-state index contributed by atoms with van der Waals surface area (Å²) in [5.41, 5.74) is -1.72. The van der Waals surface area contributed by atoms with Crippen LogP contribution in [0.3, 0.4) is 0 Å². The molecule has 1 rings (SSSR count). The Kier molecular flexibility index (Phi) is 3.66. The van der Waals surface area contributed by atoms with Gasteiger partial charge in [0.25, 0.3) is 0 Å². The lowest BCUT2D eigenvalue weighted by Crippen LogP contribution is -2.46. The number of carbonyl (C=O) groups excluding carboxylic acids is 1. The number of aliphatic hydroxyl groups is 1. The highest BCUT2D eigenvalue weighted by atomic mass is 16.4. The number of rotatable bonds is 5. The zero-order chi connectivity index (χ0) is 13.3. The minimum absolute atomic E-state index is 0.150. The molecule has 0 atom stereocenters. The summed E-state index contributed by atoms with van der Waals surface area (Å²) in [6.07, 6.45) is 1.22. The molecular formula is C11H20N2O4. The summed E-state index contributed by atoms with van der Waals surface area (Å²) in [5.74, 6) is -0.858. The third kappa shape index (κ3) is 3.89. The molecule has 98 valence electrons. The minimum Gasteiger partial charge on any atom is -0.481 e. The first kappa shape index (κ1) is 13.8. The van der Waals surface area contributed by atoms with Crippen LogP contribution in [-0.4, -0.2) is 52.9 Å². The van der Waals surface area contributed by atoms with E-state index in [0.29, 0.717) is 12.8 Å². The summed E-state index contributed by atoms with van der Waals surface area (Å²) in [5, 5.41) is 21.1. The van der Waals surface area contributed by atoms with E-state index < -0.39 is 17.0 Å². The van der Waals surface area contributed by atoms with E-state index in [2.05, 4.69) is 5.32 Å². The number of hydrogen-bond acceptors (Lipinski definition) is 3. The number of likely N-dealkylation sites (N-methyl/N-ethyl adjacent to an activating group) is 1. The van der Waals surface area contributed by atoms with E-state index in [1.54, 1.807) is 20.9 Å². The quantitative estimate of drug-likeness (QED) is 0.647. The van der Waals surface area contributed by atoms with Crippen LogP contribution in [0, 0.1) is 5.41 Å². The van der Waals surface area contributed by atoms with Gasteiger partial charge in [-0.2, -0.15) is 0 Å². The highest BCUT2D eigenvalue weighted by Crippen LogP contribution is 2.45. The second-order valence-corrected chi connectivity index (χ2v) is 5.41. The molecule has 6 nitrogen and oxygen atoms in total. The normalized spacial score (nSPS) is 17.4. The third-order valence-electron chi connectivity index (χ3n) is 2.86. The van der Waals surface area contributed by atoms with E-state index in [-0.39, 0.29) is 19.1 Å². The average molecular weight is 244 g/mol. The van der Waals surface area contributed by atoms with E-state index in [0.717, 1.165) is 0 Å². The van der Waals surface area contributed by atoms with Crippen molar-refractivity contribution in [1.82, 2.24) is 10.2 Å². The zero-order valence-corrected chi connectivity index (χ0v) is 10.5. The number of carboxylic acids is 1. The molecule has 0 bridgehead atoms. The maximum atomic E-state index is 11.6. The van der Waals surface area contributed by atoms with Gasteiger partial charge in [-0.05, 0) is 26.7 Å². The predicted molar refractivity (Wildman–Crippen MR) is 61.6 cm³/mol. The molecule has 1 saturated carbocycles. The van der Waals surface area contributed by atoms with Crippen LogP contribution in [0.2, 0.25) is 0 Å². The molecule has 1 aliphatic carbocycles. The Morgan fingerprint density at radius 3 is 2.29 bits per heavy atom. The van der Waals surface area contributed by atoms with Crippen LogP contribution in [0.5, 0.6) is 0 Å². The van der Waals surface area contributed by atoms with Crippen molar-refractivity contribution in [3.8, 4) is 0 Å². The van der Waals surface area contributed by atoms with Crippen LogP contribution < -0.4 is 5.32 Å². The van der Waals surface area contributed by atoms with Gasteiger partial charge in [0.15, 0.2) is 0 Å². The fraction of sp³-hybridized carbons (Fsp3) is 0.818. The molecule has 0 saturated heterocycles. The Hall–Kier alpha value is -1.30. The van der Waals surface area contributed by atoms with Gasteiger partial charge in [-0.25, -0.2) is 4.79 Å². The number of carboxylic acid groups (broad SMARTS) is 1. The first-order valence-electron chi connectivity index (χ1n) is 5.61. The van der Waals surface area contributed by atoms with Gasteiger partial charge < -0.3 is 20.4 Å². The van der Waals surface area contributed by atoms with Crippen molar-refractivity contribution in [2.75, 3.05) is 20.1 Å². The summed E-state index contributed by atoms with van der Waals surface area (Å²) >= 11 is 0. The van der Waals surface area contributed by atoms with Crippen LogP contribution >= 0.6 is 0 Å². The van der Waals surface area contributed by atoms with Crippen molar-refractivity contribution in [1.29, 1.82) is 0 Å². The predicted octanol–water partition coefficient (Wildman–Crippen LogP) is 0.263. The van der Waals surface area contributed by atoms with Crippen LogP contribution in [-0.2, 0) is 4.79 Å². The second kappa shape index (κ2) is 4.52. The number of nitrogens with one attached hydrogen (secondary N) is 1. The van der Waals surface area contributed by atoms with Crippen LogP contribution in [0.1, 0.15) is 26.7 Å².